The maximum absolute atomic E-state index is 11.1. The van der Waals surface area contributed by atoms with Gasteiger partial charge in [-0.05, 0) is 31.2 Å². The molecule has 1 amide bonds. The van der Waals surface area contributed by atoms with Crippen molar-refractivity contribution in [3.05, 3.63) is 24.3 Å². The molecule has 4 heteroatoms. The van der Waals surface area contributed by atoms with Crippen molar-refractivity contribution >= 4 is 23.1 Å². The number of nitrogens with one attached hydrogen (secondary N) is 1. The number of carbonyl (C=O) groups is 2. The molecule has 0 aliphatic carbocycles. The summed E-state index contributed by atoms with van der Waals surface area (Å²) in [6.45, 7) is 1.38. The van der Waals surface area contributed by atoms with E-state index in [0.717, 1.165) is 0 Å². The molecule has 0 radical (unpaired) electrons. The van der Waals surface area contributed by atoms with Crippen molar-refractivity contribution in [2.24, 2.45) is 0 Å². The van der Waals surface area contributed by atoms with E-state index in [1.165, 1.54) is 6.92 Å². The van der Waals surface area contributed by atoms with Gasteiger partial charge in [0.15, 0.2) is 0 Å². The van der Waals surface area contributed by atoms with Crippen molar-refractivity contribution < 1.29 is 9.59 Å². The Bertz CT molecular complexity index is 344. The van der Waals surface area contributed by atoms with Gasteiger partial charge in [0, 0.05) is 11.4 Å². The summed E-state index contributed by atoms with van der Waals surface area (Å²) in [4.78, 5) is 21.8. The molecule has 1 rings (SSSR count). The first-order valence-electron chi connectivity index (χ1n) is 4.23. The lowest BCUT2D eigenvalue weighted by Gasteiger charge is -2.03. The molecule has 0 heterocycles. The SMILES string of the molecule is CC(=O)CC(=O)Nc1ccc(N)cc1. The zero-order valence-corrected chi connectivity index (χ0v) is 7.91. The minimum absolute atomic E-state index is 0.0929. The van der Waals surface area contributed by atoms with Crippen LogP contribution in [0.1, 0.15) is 13.3 Å². The Hall–Kier alpha value is -1.84. The van der Waals surface area contributed by atoms with Crippen LogP contribution in [-0.2, 0) is 9.59 Å². The number of anilines is 2. The van der Waals surface area contributed by atoms with Gasteiger partial charge in [-0.3, -0.25) is 9.59 Å². The Kier molecular flexibility index (Phi) is 3.23. The smallest absolute Gasteiger partial charge is 0.231 e. The number of amides is 1. The zero-order chi connectivity index (χ0) is 10.6. The summed E-state index contributed by atoms with van der Waals surface area (Å²) in [6, 6.07) is 6.74. The van der Waals surface area contributed by atoms with E-state index in [1.54, 1.807) is 24.3 Å². The second kappa shape index (κ2) is 4.41. The molecule has 0 saturated heterocycles. The second-order valence-corrected chi connectivity index (χ2v) is 3.05. The Morgan fingerprint density at radius 1 is 1.29 bits per heavy atom. The molecule has 0 unspecified atom stereocenters. The quantitative estimate of drug-likeness (QED) is 0.558. The summed E-state index contributed by atoms with van der Waals surface area (Å²) in [5.74, 6) is -0.458. The first-order chi connectivity index (χ1) is 6.58. The number of rotatable bonds is 3. The van der Waals surface area contributed by atoms with Crippen LogP contribution < -0.4 is 11.1 Å². The average Bonchev–Trinajstić information content (AvgIpc) is 2.07. The first-order valence-corrected chi connectivity index (χ1v) is 4.23. The summed E-state index contributed by atoms with van der Waals surface area (Å²) in [5, 5.41) is 2.59. The molecule has 0 spiro atoms. The van der Waals surface area contributed by atoms with Crippen LogP contribution in [0.4, 0.5) is 11.4 Å². The van der Waals surface area contributed by atoms with E-state index in [9.17, 15) is 9.59 Å². The molecule has 0 atom stereocenters. The topological polar surface area (TPSA) is 72.2 Å². The zero-order valence-electron chi connectivity index (χ0n) is 7.91. The van der Waals surface area contributed by atoms with Crippen LogP contribution in [0.15, 0.2) is 24.3 Å². The van der Waals surface area contributed by atoms with E-state index in [1.807, 2.05) is 0 Å². The van der Waals surface area contributed by atoms with Gasteiger partial charge in [-0.2, -0.15) is 0 Å². The molecule has 0 saturated carbocycles. The lowest BCUT2D eigenvalue weighted by Crippen LogP contribution is -2.14. The molecule has 0 aromatic heterocycles. The van der Waals surface area contributed by atoms with Gasteiger partial charge >= 0.3 is 0 Å². The van der Waals surface area contributed by atoms with Gasteiger partial charge in [0.25, 0.3) is 0 Å². The fraction of sp³-hybridized carbons (Fsp3) is 0.200. The van der Waals surface area contributed by atoms with Gasteiger partial charge in [0.2, 0.25) is 5.91 Å². The molecule has 0 aliphatic rings. The van der Waals surface area contributed by atoms with Gasteiger partial charge in [0.05, 0.1) is 6.42 Å². The van der Waals surface area contributed by atoms with Crippen LogP contribution in [-0.4, -0.2) is 11.7 Å². The molecule has 0 bridgehead atoms. The molecule has 14 heavy (non-hydrogen) atoms. The van der Waals surface area contributed by atoms with Crippen molar-refractivity contribution in [3.8, 4) is 0 Å². The number of benzene rings is 1. The summed E-state index contributed by atoms with van der Waals surface area (Å²) < 4.78 is 0. The van der Waals surface area contributed by atoms with Crippen molar-refractivity contribution in [1.82, 2.24) is 0 Å². The Balaban J connectivity index is 2.56. The van der Waals surface area contributed by atoms with Crippen molar-refractivity contribution in [1.29, 1.82) is 0 Å². The Morgan fingerprint density at radius 3 is 2.36 bits per heavy atom. The van der Waals surface area contributed by atoms with Gasteiger partial charge in [-0.15, -0.1) is 0 Å². The predicted molar refractivity (Wildman–Crippen MR) is 54.8 cm³/mol. The number of hydrogen-bond donors (Lipinski definition) is 2. The molecule has 1 aromatic carbocycles. The molecular formula is C10H12N2O2. The third-order valence-electron chi connectivity index (χ3n) is 1.60. The maximum Gasteiger partial charge on any atom is 0.231 e. The van der Waals surface area contributed by atoms with Crippen molar-refractivity contribution in [2.45, 2.75) is 13.3 Å². The second-order valence-electron chi connectivity index (χ2n) is 3.05. The first kappa shape index (κ1) is 10.2. The van der Waals surface area contributed by atoms with E-state index in [0.29, 0.717) is 11.4 Å². The number of hydrogen-bond acceptors (Lipinski definition) is 3. The monoisotopic (exact) mass is 192 g/mol. The van der Waals surface area contributed by atoms with Crippen LogP contribution in [0.2, 0.25) is 0 Å². The van der Waals surface area contributed by atoms with E-state index >= 15 is 0 Å². The van der Waals surface area contributed by atoms with Gasteiger partial charge in [-0.1, -0.05) is 0 Å². The largest absolute Gasteiger partial charge is 0.399 e. The minimum Gasteiger partial charge on any atom is -0.399 e. The summed E-state index contributed by atoms with van der Waals surface area (Å²) in [6.07, 6.45) is -0.0929. The lowest BCUT2D eigenvalue weighted by atomic mass is 10.2. The van der Waals surface area contributed by atoms with Crippen LogP contribution >= 0.6 is 0 Å². The highest BCUT2D eigenvalue weighted by molar-refractivity contribution is 6.03. The summed E-state index contributed by atoms with van der Waals surface area (Å²) in [7, 11) is 0. The molecule has 4 nitrogen and oxygen atoms in total. The molecule has 3 N–H and O–H groups in total. The van der Waals surface area contributed by atoms with Crippen LogP contribution in [0.25, 0.3) is 0 Å². The average molecular weight is 192 g/mol. The minimum atomic E-state index is -0.303. The summed E-state index contributed by atoms with van der Waals surface area (Å²) in [5.41, 5.74) is 6.75. The highest BCUT2D eigenvalue weighted by Gasteiger charge is 2.04. The van der Waals surface area contributed by atoms with E-state index < -0.39 is 0 Å². The number of nitrogens with two attached hydrogens (primary N) is 1. The Morgan fingerprint density at radius 2 is 1.86 bits per heavy atom. The van der Waals surface area contributed by atoms with E-state index in [4.69, 9.17) is 5.73 Å². The highest BCUT2D eigenvalue weighted by atomic mass is 16.2. The maximum atomic E-state index is 11.1. The number of ketones is 1. The number of carbonyl (C=O) groups excluding carboxylic acids is 2. The number of nitrogen functional groups attached to an aromatic ring is 1. The van der Waals surface area contributed by atoms with Crippen molar-refractivity contribution in [3.63, 3.8) is 0 Å². The third kappa shape index (κ3) is 3.26. The number of Topliss-reactive ketones (excluding diaryl/α,β-unsaturated/α-hetero) is 1. The molecule has 0 aliphatic heterocycles. The van der Waals surface area contributed by atoms with Crippen LogP contribution in [0, 0.1) is 0 Å². The van der Waals surface area contributed by atoms with E-state index in [-0.39, 0.29) is 18.1 Å². The van der Waals surface area contributed by atoms with Crippen molar-refractivity contribution in [2.75, 3.05) is 11.1 Å². The molecule has 1 aromatic rings. The fourth-order valence-corrected chi connectivity index (χ4v) is 0.998. The van der Waals surface area contributed by atoms with Gasteiger partial charge in [0.1, 0.15) is 5.78 Å². The predicted octanol–water partition coefficient (Wildman–Crippen LogP) is 1.19. The Labute approximate surface area is 82.1 Å². The molecule has 74 valence electrons. The van der Waals surface area contributed by atoms with Crippen LogP contribution in [0.5, 0.6) is 0 Å². The fourth-order valence-electron chi connectivity index (χ4n) is 0.998. The normalized spacial score (nSPS) is 9.50. The standard InChI is InChI=1S/C10H12N2O2/c1-7(13)6-10(14)12-9-4-2-8(11)3-5-9/h2-5H,6,11H2,1H3,(H,12,14). The molecular weight excluding hydrogens is 180 g/mol. The van der Waals surface area contributed by atoms with Gasteiger partial charge in [-0.25, -0.2) is 0 Å². The summed E-state index contributed by atoms with van der Waals surface area (Å²) >= 11 is 0. The lowest BCUT2D eigenvalue weighted by molar-refractivity contribution is -0.124. The third-order valence-corrected chi connectivity index (χ3v) is 1.60. The van der Waals surface area contributed by atoms with E-state index in [2.05, 4.69) is 5.32 Å². The van der Waals surface area contributed by atoms with Crippen LogP contribution in [0.3, 0.4) is 0 Å². The van der Waals surface area contributed by atoms with Gasteiger partial charge < -0.3 is 11.1 Å². The molecule has 0 fully saturated rings. The highest BCUT2D eigenvalue weighted by Crippen LogP contribution is 2.10.